The summed E-state index contributed by atoms with van der Waals surface area (Å²) in [5.74, 6) is 0. The molecule has 0 aliphatic carbocycles. The van der Waals surface area contributed by atoms with Crippen molar-refractivity contribution < 1.29 is 0 Å². The molecule has 0 aliphatic heterocycles. The van der Waals surface area contributed by atoms with Crippen LogP contribution in [0.15, 0.2) is 18.2 Å². The van der Waals surface area contributed by atoms with Gasteiger partial charge in [0, 0.05) is 18.6 Å². The summed E-state index contributed by atoms with van der Waals surface area (Å²) in [7, 11) is 0. The third-order valence-electron chi connectivity index (χ3n) is 3.18. The van der Waals surface area contributed by atoms with Crippen LogP contribution in [0.2, 0.25) is 0 Å². The van der Waals surface area contributed by atoms with Gasteiger partial charge in [-0.1, -0.05) is 23.8 Å². The van der Waals surface area contributed by atoms with E-state index in [1.807, 2.05) is 0 Å². The summed E-state index contributed by atoms with van der Waals surface area (Å²) in [6.45, 7) is 14.5. The second-order valence-corrected chi connectivity index (χ2v) is 5.29. The Labute approximate surface area is 100 Å². The van der Waals surface area contributed by atoms with E-state index in [4.69, 9.17) is 0 Å². The number of benzene rings is 1. The lowest BCUT2D eigenvalue weighted by Gasteiger charge is -2.31. The van der Waals surface area contributed by atoms with E-state index in [1.54, 1.807) is 0 Å². The van der Waals surface area contributed by atoms with Gasteiger partial charge in [0.25, 0.3) is 0 Å². The summed E-state index contributed by atoms with van der Waals surface area (Å²) in [5.41, 5.74) is 4.21. The van der Waals surface area contributed by atoms with Gasteiger partial charge >= 0.3 is 0 Å². The van der Waals surface area contributed by atoms with Crippen molar-refractivity contribution in [2.75, 3.05) is 0 Å². The maximum Gasteiger partial charge on any atom is 0.0241 e. The van der Waals surface area contributed by atoms with E-state index in [-0.39, 0.29) is 0 Å². The van der Waals surface area contributed by atoms with Gasteiger partial charge in [-0.2, -0.15) is 0 Å². The molecule has 0 heterocycles. The van der Waals surface area contributed by atoms with Crippen LogP contribution in [-0.2, 0) is 6.54 Å². The van der Waals surface area contributed by atoms with Crippen molar-refractivity contribution in [3.8, 4) is 0 Å². The molecule has 0 saturated carbocycles. The number of nitrogens with zero attached hydrogens (tertiary/aromatic N) is 1. The summed E-state index contributed by atoms with van der Waals surface area (Å²) in [6, 6.07) is 7.94. The summed E-state index contributed by atoms with van der Waals surface area (Å²) in [4.78, 5) is 2.53. The zero-order valence-corrected chi connectivity index (χ0v) is 11.5. The number of hydrogen-bond acceptors (Lipinski definition) is 1. The van der Waals surface area contributed by atoms with E-state index >= 15 is 0 Å². The molecular formula is C15H25N. The highest BCUT2D eigenvalue weighted by Gasteiger charge is 2.14. The van der Waals surface area contributed by atoms with Crippen LogP contribution in [-0.4, -0.2) is 17.0 Å². The average molecular weight is 219 g/mol. The molecule has 16 heavy (non-hydrogen) atoms. The highest BCUT2D eigenvalue weighted by atomic mass is 15.2. The molecule has 1 heteroatoms. The molecule has 1 aromatic carbocycles. The molecular weight excluding hydrogens is 194 g/mol. The number of hydrogen-bond donors (Lipinski definition) is 0. The fraction of sp³-hybridized carbons (Fsp3) is 0.600. The van der Waals surface area contributed by atoms with Crippen molar-refractivity contribution in [3.63, 3.8) is 0 Å². The Kier molecular flexibility index (Phi) is 4.55. The van der Waals surface area contributed by atoms with Crippen LogP contribution in [0, 0.1) is 13.8 Å². The Morgan fingerprint density at radius 3 is 2.00 bits per heavy atom. The van der Waals surface area contributed by atoms with E-state index in [0.717, 1.165) is 6.54 Å². The molecule has 0 radical (unpaired) electrons. The van der Waals surface area contributed by atoms with E-state index in [9.17, 15) is 0 Å². The van der Waals surface area contributed by atoms with Crippen LogP contribution in [0.5, 0.6) is 0 Å². The Hall–Kier alpha value is -0.820. The van der Waals surface area contributed by atoms with Crippen molar-refractivity contribution in [1.82, 2.24) is 4.90 Å². The van der Waals surface area contributed by atoms with Gasteiger partial charge in [-0.05, 0) is 52.7 Å². The van der Waals surface area contributed by atoms with Crippen LogP contribution in [0.1, 0.15) is 44.4 Å². The molecule has 1 aromatic rings. The normalized spacial score (nSPS) is 11.8. The minimum atomic E-state index is 0.598. The van der Waals surface area contributed by atoms with Gasteiger partial charge in [0.15, 0.2) is 0 Å². The second-order valence-electron chi connectivity index (χ2n) is 5.29. The first-order chi connectivity index (χ1) is 7.41. The maximum atomic E-state index is 2.53. The van der Waals surface area contributed by atoms with E-state index in [0.29, 0.717) is 12.1 Å². The summed E-state index contributed by atoms with van der Waals surface area (Å²) in [6.07, 6.45) is 0. The Balaban J connectivity index is 2.85. The van der Waals surface area contributed by atoms with Crippen LogP contribution >= 0.6 is 0 Å². The predicted octanol–water partition coefficient (Wildman–Crippen LogP) is 3.92. The van der Waals surface area contributed by atoms with Gasteiger partial charge < -0.3 is 0 Å². The minimum absolute atomic E-state index is 0.598. The van der Waals surface area contributed by atoms with E-state index in [2.05, 4.69) is 64.6 Å². The Morgan fingerprint density at radius 1 is 1.00 bits per heavy atom. The largest absolute Gasteiger partial charge is 0.294 e. The zero-order chi connectivity index (χ0) is 12.3. The van der Waals surface area contributed by atoms with Crippen LogP contribution in [0.25, 0.3) is 0 Å². The highest BCUT2D eigenvalue weighted by Crippen LogP contribution is 2.16. The quantitative estimate of drug-likeness (QED) is 0.742. The fourth-order valence-electron chi connectivity index (χ4n) is 2.18. The molecule has 0 unspecified atom stereocenters. The van der Waals surface area contributed by atoms with Crippen molar-refractivity contribution in [2.45, 2.75) is 60.2 Å². The van der Waals surface area contributed by atoms with Gasteiger partial charge in [0.2, 0.25) is 0 Å². The summed E-state index contributed by atoms with van der Waals surface area (Å²) >= 11 is 0. The molecule has 0 spiro atoms. The lowest BCUT2D eigenvalue weighted by Crippen LogP contribution is -2.36. The molecule has 0 atom stereocenters. The topological polar surface area (TPSA) is 3.24 Å². The van der Waals surface area contributed by atoms with Crippen LogP contribution < -0.4 is 0 Å². The highest BCUT2D eigenvalue weighted by molar-refractivity contribution is 5.30. The monoisotopic (exact) mass is 219 g/mol. The van der Waals surface area contributed by atoms with Gasteiger partial charge in [-0.15, -0.1) is 0 Å². The molecule has 1 nitrogen and oxygen atoms in total. The second kappa shape index (κ2) is 5.49. The van der Waals surface area contributed by atoms with Crippen LogP contribution in [0.3, 0.4) is 0 Å². The maximum absolute atomic E-state index is 2.53. The molecule has 0 N–H and O–H groups in total. The minimum Gasteiger partial charge on any atom is -0.294 e. The molecule has 90 valence electrons. The number of aryl methyl sites for hydroxylation is 2. The Bertz CT molecular complexity index is 331. The standard InChI is InChI=1S/C15H25N/c1-11(2)16(12(3)4)10-15-8-7-13(5)9-14(15)6/h7-9,11-12H,10H2,1-6H3. The first-order valence-corrected chi connectivity index (χ1v) is 6.23. The molecule has 0 aromatic heterocycles. The summed E-state index contributed by atoms with van der Waals surface area (Å²) in [5, 5.41) is 0. The van der Waals surface area contributed by atoms with E-state index in [1.165, 1.54) is 16.7 Å². The van der Waals surface area contributed by atoms with E-state index < -0.39 is 0 Å². The molecule has 0 amide bonds. The zero-order valence-electron chi connectivity index (χ0n) is 11.5. The third-order valence-corrected chi connectivity index (χ3v) is 3.18. The van der Waals surface area contributed by atoms with Gasteiger partial charge in [0.05, 0.1) is 0 Å². The van der Waals surface area contributed by atoms with Gasteiger partial charge in [0.1, 0.15) is 0 Å². The van der Waals surface area contributed by atoms with Crippen LogP contribution in [0.4, 0.5) is 0 Å². The smallest absolute Gasteiger partial charge is 0.0241 e. The Morgan fingerprint density at radius 2 is 1.56 bits per heavy atom. The molecule has 1 rings (SSSR count). The lowest BCUT2D eigenvalue weighted by atomic mass is 10.0. The molecule has 0 bridgehead atoms. The predicted molar refractivity (Wildman–Crippen MR) is 71.7 cm³/mol. The SMILES string of the molecule is Cc1ccc(CN(C(C)C)C(C)C)c(C)c1. The van der Waals surface area contributed by atoms with Crippen molar-refractivity contribution in [2.24, 2.45) is 0 Å². The molecule has 0 saturated heterocycles. The molecule has 0 fully saturated rings. The van der Waals surface area contributed by atoms with Crippen molar-refractivity contribution >= 4 is 0 Å². The van der Waals surface area contributed by atoms with Gasteiger partial charge in [-0.3, -0.25) is 4.90 Å². The first kappa shape index (κ1) is 13.2. The van der Waals surface area contributed by atoms with Crippen molar-refractivity contribution in [3.05, 3.63) is 34.9 Å². The first-order valence-electron chi connectivity index (χ1n) is 6.23. The average Bonchev–Trinajstić information content (AvgIpc) is 2.15. The van der Waals surface area contributed by atoms with Gasteiger partial charge in [-0.25, -0.2) is 0 Å². The van der Waals surface area contributed by atoms with Crippen molar-refractivity contribution in [1.29, 1.82) is 0 Å². The lowest BCUT2D eigenvalue weighted by molar-refractivity contribution is 0.165. The third kappa shape index (κ3) is 3.34. The fourth-order valence-corrected chi connectivity index (χ4v) is 2.18. The summed E-state index contributed by atoms with van der Waals surface area (Å²) < 4.78 is 0. The number of rotatable bonds is 4. The molecule has 0 aliphatic rings.